The van der Waals surface area contributed by atoms with Gasteiger partial charge in [-0.15, -0.1) is 0 Å². The van der Waals surface area contributed by atoms with Crippen LogP contribution in [0.15, 0.2) is 24.3 Å². The van der Waals surface area contributed by atoms with Crippen LogP contribution in [0.2, 0.25) is 0 Å². The summed E-state index contributed by atoms with van der Waals surface area (Å²) in [5.74, 6) is -2.20. The Morgan fingerprint density at radius 1 is 1.32 bits per heavy atom. The number of carboxylic acid groups (broad SMARTS) is 1. The van der Waals surface area contributed by atoms with Crippen LogP contribution in [-0.2, 0) is 19.6 Å². The second-order valence-corrected chi connectivity index (χ2v) is 5.66. The fraction of sp³-hybridized carbons (Fsp3) is 0.273. The van der Waals surface area contributed by atoms with Gasteiger partial charge in [-0.1, -0.05) is 12.1 Å². The maximum Gasteiger partial charge on any atom is 0.337 e. The molecule has 0 radical (unpaired) electrons. The highest BCUT2D eigenvalue weighted by Gasteiger charge is 2.29. The number of carbonyl (C=O) groups is 2. The summed E-state index contributed by atoms with van der Waals surface area (Å²) in [4.78, 5) is 22.2. The van der Waals surface area contributed by atoms with Crippen molar-refractivity contribution in [2.45, 2.75) is 12.2 Å². The minimum atomic E-state index is -4.07. The molecule has 0 aliphatic rings. The Labute approximate surface area is 110 Å². The number of esters is 1. The standard InChI is InChI=1S/C11H13NO6S/c1-7(11(15)18-2)19(16,17)12-9-6-4-3-5-8(9)10(13)14/h3-7,12H,1-2H3,(H,13,14). The summed E-state index contributed by atoms with van der Waals surface area (Å²) in [6, 6.07) is 5.49. The molecule has 1 unspecified atom stereocenters. The number of para-hydroxylation sites is 1. The predicted octanol–water partition coefficient (Wildman–Crippen LogP) is 0.688. The van der Waals surface area contributed by atoms with Gasteiger partial charge in [0.1, 0.15) is 0 Å². The summed E-state index contributed by atoms with van der Waals surface area (Å²) in [5, 5.41) is 7.48. The van der Waals surface area contributed by atoms with Crippen LogP contribution < -0.4 is 4.72 Å². The van der Waals surface area contributed by atoms with E-state index < -0.39 is 27.2 Å². The van der Waals surface area contributed by atoms with Crippen molar-refractivity contribution in [3.05, 3.63) is 29.8 Å². The predicted molar refractivity (Wildman–Crippen MR) is 67.4 cm³/mol. The molecular formula is C11H13NO6S. The van der Waals surface area contributed by atoms with Gasteiger partial charge in [-0.25, -0.2) is 13.2 Å². The number of benzene rings is 1. The van der Waals surface area contributed by atoms with E-state index >= 15 is 0 Å². The SMILES string of the molecule is COC(=O)C(C)S(=O)(=O)Nc1ccccc1C(=O)O. The lowest BCUT2D eigenvalue weighted by Crippen LogP contribution is -2.33. The van der Waals surface area contributed by atoms with E-state index in [-0.39, 0.29) is 11.3 Å². The first-order valence-electron chi connectivity index (χ1n) is 5.21. The fourth-order valence-electron chi connectivity index (χ4n) is 1.29. The summed E-state index contributed by atoms with van der Waals surface area (Å²) >= 11 is 0. The molecular weight excluding hydrogens is 274 g/mol. The molecule has 0 spiro atoms. The van der Waals surface area contributed by atoms with E-state index in [0.717, 1.165) is 14.0 Å². The van der Waals surface area contributed by atoms with E-state index in [1.54, 1.807) is 0 Å². The van der Waals surface area contributed by atoms with Crippen LogP contribution >= 0.6 is 0 Å². The van der Waals surface area contributed by atoms with Gasteiger partial charge in [0.2, 0.25) is 10.0 Å². The maximum atomic E-state index is 11.9. The third-order valence-electron chi connectivity index (χ3n) is 2.41. The molecule has 0 aromatic heterocycles. The molecule has 8 heteroatoms. The van der Waals surface area contributed by atoms with Gasteiger partial charge in [0, 0.05) is 0 Å². The lowest BCUT2D eigenvalue weighted by atomic mass is 10.2. The summed E-state index contributed by atoms with van der Waals surface area (Å²) in [6.45, 7) is 1.15. The zero-order valence-electron chi connectivity index (χ0n) is 10.3. The minimum Gasteiger partial charge on any atom is -0.478 e. The normalized spacial score (nSPS) is 12.5. The number of ether oxygens (including phenoxy) is 1. The molecule has 0 amide bonds. The summed E-state index contributed by atoms with van der Waals surface area (Å²) in [7, 11) is -3.00. The average Bonchev–Trinajstić information content (AvgIpc) is 2.36. The summed E-state index contributed by atoms with van der Waals surface area (Å²) in [6.07, 6.45) is 0. The molecule has 1 aromatic carbocycles. The first-order valence-corrected chi connectivity index (χ1v) is 6.76. The molecule has 0 saturated heterocycles. The second kappa shape index (κ2) is 5.70. The molecule has 0 bridgehead atoms. The van der Waals surface area contributed by atoms with E-state index in [4.69, 9.17) is 5.11 Å². The lowest BCUT2D eigenvalue weighted by molar-refractivity contribution is -0.139. The maximum absolute atomic E-state index is 11.9. The van der Waals surface area contributed by atoms with Crippen molar-refractivity contribution in [2.24, 2.45) is 0 Å². The average molecular weight is 287 g/mol. The van der Waals surface area contributed by atoms with E-state index in [0.29, 0.717) is 0 Å². The molecule has 1 atom stereocenters. The van der Waals surface area contributed by atoms with Gasteiger partial charge in [0.05, 0.1) is 18.4 Å². The number of rotatable bonds is 5. The summed E-state index contributed by atoms with van der Waals surface area (Å²) in [5.41, 5.74) is -0.311. The fourth-order valence-corrected chi connectivity index (χ4v) is 2.30. The Morgan fingerprint density at radius 3 is 2.42 bits per heavy atom. The number of carbonyl (C=O) groups excluding carboxylic acids is 1. The van der Waals surface area contributed by atoms with Gasteiger partial charge in [-0.05, 0) is 19.1 Å². The molecule has 19 heavy (non-hydrogen) atoms. The van der Waals surface area contributed by atoms with Crippen molar-refractivity contribution in [3.63, 3.8) is 0 Å². The van der Waals surface area contributed by atoms with E-state index in [1.165, 1.54) is 24.3 Å². The van der Waals surface area contributed by atoms with E-state index in [2.05, 4.69) is 9.46 Å². The summed E-state index contributed by atoms with van der Waals surface area (Å²) < 4.78 is 30.2. The molecule has 0 aliphatic carbocycles. The van der Waals surface area contributed by atoms with Crippen molar-refractivity contribution < 1.29 is 27.9 Å². The van der Waals surface area contributed by atoms with Crippen molar-refractivity contribution in [3.8, 4) is 0 Å². The Kier molecular flexibility index (Phi) is 4.49. The smallest absolute Gasteiger partial charge is 0.337 e. The largest absolute Gasteiger partial charge is 0.478 e. The molecule has 0 aliphatic heterocycles. The Morgan fingerprint density at radius 2 is 1.89 bits per heavy atom. The monoisotopic (exact) mass is 287 g/mol. The highest BCUT2D eigenvalue weighted by Crippen LogP contribution is 2.18. The number of hydrogen-bond donors (Lipinski definition) is 2. The van der Waals surface area contributed by atoms with Crippen LogP contribution in [0.25, 0.3) is 0 Å². The number of carboxylic acids is 1. The molecule has 1 rings (SSSR count). The van der Waals surface area contributed by atoms with Gasteiger partial charge < -0.3 is 9.84 Å². The molecule has 1 aromatic rings. The van der Waals surface area contributed by atoms with Crippen LogP contribution in [0.3, 0.4) is 0 Å². The lowest BCUT2D eigenvalue weighted by Gasteiger charge is -2.14. The number of nitrogens with one attached hydrogen (secondary N) is 1. The minimum absolute atomic E-state index is 0.106. The number of sulfonamides is 1. The number of aromatic carboxylic acids is 1. The third-order valence-corrected chi connectivity index (χ3v) is 4.04. The van der Waals surface area contributed by atoms with Crippen molar-refractivity contribution in [1.82, 2.24) is 0 Å². The van der Waals surface area contributed by atoms with Crippen LogP contribution in [0.1, 0.15) is 17.3 Å². The van der Waals surface area contributed by atoms with Crippen LogP contribution in [0.5, 0.6) is 0 Å². The number of hydrogen-bond acceptors (Lipinski definition) is 5. The topological polar surface area (TPSA) is 110 Å². The molecule has 104 valence electrons. The van der Waals surface area contributed by atoms with E-state index in [1.807, 2.05) is 0 Å². The molecule has 0 fully saturated rings. The zero-order chi connectivity index (χ0) is 14.6. The highest BCUT2D eigenvalue weighted by molar-refractivity contribution is 7.94. The highest BCUT2D eigenvalue weighted by atomic mass is 32.2. The van der Waals surface area contributed by atoms with Gasteiger partial charge in [-0.2, -0.15) is 0 Å². The Bertz CT molecular complexity index is 595. The van der Waals surface area contributed by atoms with Gasteiger partial charge in [0.15, 0.2) is 5.25 Å². The molecule has 0 heterocycles. The van der Waals surface area contributed by atoms with Crippen molar-refractivity contribution in [2.75, 3.05) is 11.8 Å². The van der Waals surface area contributed by atoms with Gasteiger partial charge in [-0.3, -0.25) is 9.52 Å². The molecule has 0 saturated carbocycles. The Hall–Kier alpha value is -2.09. The number of anilines is 1. The van der Waals surface area contributed by atoms with Crippen LogP contribution in [0.4, 0.5) is 5.69 Å². The Balaban J connectivity index is 3.09. The van der Waals surface area contributed by atoms with Crippen LogP contribution in [-0.4, -0.2) is 37.8 Å². The third kappa shape index (κ3) is 3.44. The number of methoxy groups -OCH3 is 1. The first kappa shape index (κ1) is 15.0. The molecule has 2 N–H and O–H groups in total. The van der Waals surface area contributed by atoms with Gasteiger partial charge in [0.25, 0.3) is 0 Å². The van der Waals surface area contributed by atoms with Gasteiger partial charge >= 0.3 is 11.9 Å². The van der Waals surface area contributed by atoms with Crippen LogP contribution in [0, 0.1) is 0 Å². The molecule has 7 nitrogen and oxygen atoms in total. The zero-order valence-corrected chi connectivity index (χ0v) is 11.1. The first-order chi connectivity index (χ1) is 8.79. The second-order valence-electron chi connectivity index (χ2n) is 3.66. The quantitative estimate of drug-likeness (QED) is 0.771. The van der Waals surface area contributed by atoms with Crippen molar-refractivity contribution in [1.29, 1.82) is 0 Å². The van der Waals surface area contributed by atoms with Crippen molar-refractivity contribution >= 4 is 27.6 Å². The van der Waals surface area contributed by atoms with E-state index in [9.17, 15) is 18.0 Å².